The van der Waals surface area contributed by atoms with Crippen molar-refractivity contribution in [1.29, 1.82) is 0 Å². The molecule has 2 N–H and O–H groups in total. The Labute approximate surface area is 111 Å². The van der Waals surface area contributed by atoms with Crippen molar-refractivity contribution in [2.75, 3.05) is 5.73 Å². The van der Waals surface area contributed by atoms with Crippen molar-refractivity contribution in [2.45, 2.75) is 10.8 Å². The maximum absolute atomic E-state index is 13.2. The molecule has 1 heterocycles. The monoisotopic (exact) mass is 284 g/mol. The number of hydrogen-bond donors (Lipinski definition) is 1. The van der Waals surface area contributed by atoms with Gasteiger partial charge in [0, 0.05) is 6.20 Å². The van der Waals surface area contributed by atoms with E-state index in [-0.39, 0.29) is 15.8 Å². The molecule has 0 spiro atoms. The Morgan fingerprint density at radius 2 is 2.11 bits per heavy atom. The summed E-state index contributed by atoms with van der Waals surface area (Å²) < 4.78 is 25.3. The van der Waals surface area contributed by atoms with Crippen LogP contribution in [0.3, 0.4) is 0 Å². The predicted molar refractivity (Wildman–Crippen MR) is 70.2 cm³/mol. The molecule has 0 saturated carbocycles. The summed E-state index contributed by atoms with van der Waals surface area (Å²) in [5.74, 6) is -0.446. The Balaban J connectivity index is 2.27. The van der Waals surface area contributed by atoms with E-state index in [1.165, 1.54) is 18.3 Å². The SMILES string of the molecule is Nc1cccnc1S(=O)Cc1cccc(F)c1Cl. The van der Waals surface area contributed by atoms with Crippen LogP contribution in [0, 0.1) is 5.82 Å². The summed E-state index contributed by atoms with van der Waals surface area (Å²) in [6, 6.07) is 7.68. The van der Waals surface area contributed by atoms with Gasteiger partial charge in [-0.05, 0) is 23.8 Å². The largest absolute Gasteiger partial charge is 0.396 e. The summed E-state index contributed by atoms with van der Waals surface area (Å²) in [5.41, 5.74) is 6.50. The Kier molecular flexibility index (Phi) is 3.93. The van der Waals surface area contributed by atoms with E-state index in [0.29, 0.717) is 11.3 Å². The third-order valence-electron chi connectivity index (χ3n) is 2.33. The summed E-state index contributed by atoms with van der Waals surface area (Å²) in [6.45, 7) is 0. The Morgan fingerprint density at radius 3 is 2.83 bits per heavy atom. The van der Waals surface area contributed by atoms with Gasteiger partial charge >= 0.3 is 0 Å². The molecule has 0 radical (unpaired) electrons. The molecule has 0 amide bonds. The van der Waals surface area contributed by atoms with Gasteiger partial charge in [0.1, 0.15) is 10.8 Å². The van der Waals surface area contributed by atoms with Gasteiger partial charge in [0.25, 0.3) is 0 Å². The van der Waals surface area contributed by atoms with E-state index >= 15 is 0 Å². The number of nitrogen functional groups attached to an aromatic ring is 1. The number of halogens is 2. The van der Waals surface area contributed by atoms with Crippen LogP contribution >= 0.6 is 11.6 Å². The fraction of sp³-hybridized carbons (Fsp3) is 0.0833. The van der Waals surface area contributed by atoms with Crippen molar-refractivity contribution in [1.82, 2.24) is 4.98 Å². The first-order valence-electron chi connectivity index (χ1n) is 5.11. The first kappa shape index (κ1) is 13.0. The van der Waals surface area contributed by atoms with E-state index in [9.17, 15) is 8.60 Å². The predicted octanol–water partition coefficient (Wildman–Crippen LogP) is 2.76. The molecular formula is C12H10ClFN2OS. The van der Waals surface area contributed by atoms with Crippen LogP contribution in [-0.4, -0.2) is 9.19 Å². The summed E-state index contributed by atoms with van der Waals surface area (Å²) >= 11 is 5.80. The minimum Gasteiger partial charge on any atom is -0.396 e. The van der Waals surface area contributed by atoms with E-state index in [1.807, 2.05) is 0 Å². The Morgan fingerprint density at radius 1 is 1.33 bits per heavy atom. The lowest BCUT2D eigenvalue weighted by Gasteiger charge is -2.06. The second-order valence-corrected chi connectivity index (χ2v) is 5.34. The van der Waals surface area contributed by atoms with Crippen LogP contribution < -0.4 is 5.73 Å². The van der Waals surface area contributed by atoms with Crippen LogP contribution in [0.4, 0.5) is 10.1 Å². The number of hydrogen-bond acceptors (Lipinski definition) is 3. The van der Waals surface area contributed by atoms with Crippen molar-refractivity contribution >= 4 is 28.1 Å². The maximum atomic E-state index is 13.2. The van der Waals surface area contributed by atoms with Crippen molar-refractivity contribution in [3.8, 4) is 0 Å². The third-order valence-corrected chi connectivity index (χ3v) is 4.10. The highest BCUT2D eigenvalue weighted by Crippen LogP contribution is 2.23. The van der Waals surface area contributed by atoms with Crippen molar-refractivity contribution < 1.29 is 8.60 Å². The van der Waals surface area contributed by atoms with E-state index in [1.54, 1.807) is 18.2 Å². The second kappa shape index (κ2) is 5.46. The van der Waals surface area contributed by atoms with E-state index in [2.05, 4.69) is 4.98 Å². The fourth-order valence-electron chi connectivity index (χ4n) is 1.46. The number of rotatable bonds is 3. The molecule has 0 aliphatic carbocycles. The zero-order valence-electron chi connectivity index (χ0n) is 9.27. The molecule has 1 atom stereocenters. The molecule has 0 aliphatic heterocycles. The van der Waals surface area contributed by atoms with Gasteiger partial charge in [-0.1, -0.05) is 23.7 Å². The van der Waals surface area contributed by atoms with E-state index in [4.69, 9.17) is 17.3 Å². The highest BCUT2D eigenvalue weighted by Gasteiger charge is 2.13. The number of aromatic nitrogens is 1. The zero-order chi connectivity index (χ0) is 13.1. The normalized spacial score (nSPS) is 12.3. The molecule has 0 aliphatic rings. The second-order valence-electron chi connectivity index (χ2n) is 3.60. The van der Waals surface area contributed by atoms with Crippen molar-refractivity contribution in [2.24, 2.45) is 0 Å². The van der Waals surface area contributed by atoms with Crippen LogP contribution in [-0.2, 0) is 16.6 Å². The molecule has 1 unspecified atom stereocenters. The minimum atomic E-state index is -1.45. The van der Waals surface area contributed by atoms with E-state index in [0.717, 1.165) is 0 Å². The maximum Gasteiger partial charge on any atom is 0.150 e. The average Bonchev–Trinajstić information content (AvgIpc) is 2.35. The number of nitrogens with two attached hydrogens (primary N) is 1. The van der Waals surface area contributed by atoms with Crippen molar-refractivity contribution in [3.05, 3.63) is 52.9 Å². The third kappa shape index (κ3) is 2.68. The van der Waals surface area contributed by atoms with E-state index < -0.39 is 16.6 Å². The Bertz CT molecular complexity index is 606. The lowest BCUT2D eigenvalue weighted by Crippen LogP contribution is -2.04. The molecule has 1 aromatic carbocycles. The van der Waals surface area contributed by atoms with Crippen LogP contribution in [0.15, 0.2) is 41.6 Å². The molecule has 2 aromatic rings. The first-order chi connectivity index (χ1) is 8.59. The summed E-state index contributed by atoms with van der Waals surface area (Å²) in [6.07, 6.45) is 1.51. The highest BCUT2D eigenvalue weighted by molar-refractivity contribution is 7.84. The molecule has 2 rings (SSSR count). The van der Waals surface area contributed by atoms with Crippen molar-refractivity contribution in [3.63, 3.8) is 0 Å². The molecule has 1 aromatic heterocycles. The fourth-order valence-corrected chi connectivity index (χ4v) is 2.90. The smallest absolute Gasteiger partial charge is 0.150 e. The average molecular weight is 285 g/mol. The number of pyridine rings is 1. The standard InChI is InChI=1S/C12H10ClFN2OS/c13-11-8(3-1-4-9(11)14)7-18(17)12-10(15)5-2-6-16-12/h1-6H,7,15H2. The van der Waals surface area contributed by atoms with Gasteiger partial charge in [-0.15, -0.1) is 0 Å². The molecule has 18 heavy (non-hydrogen) atoms. The molecule has 0 bridgehead atoms. The van der Waals surface area contributed by atoms with Gasteiger partial charge in [-0.3, -0.25) is 4.21 Å². The molecule has 0 saturated heterocycles. The molecule has 0 fully saturated rings. The quantitative estimate of drug-likeness (QED) is 0.943. The number of benzene rings is 1. The molecule has 6 heteroatoms. The van der Waals surface area contributed by atoms with Crippen LogP contribution in [0.2, 0.25) is 5.02 Å². The molecular weight excluding hydrogens is 275 g/mol. The van der Waals surface area contributed by atoms with Gasteiger partial charge in [-0.2, -0.15) is 0 Å². The lowest BCUT2D eigenvalue weighted by molar-refractivity contribution is 0.626. The highest BCUT2D eigenvalue weighted by atomic mass is 35.5. The first-order valence-corrected chi connectivity index (χ1v) is 6.81. The summed E-state index contributed by atoms with van der Waals surface area (Å²) in [7, 11) is -1.45. The summed E-state index contributed by atoms with van der Waals surface area (Å²) in [4.78, 5) is 3.96. The Hall–Kier alpha value is -1.46. The number of anilines is 1. The molecule has 3 nitrogen and oxygen atoms in total. The van der Waals surface area contributed by atoms with Gasteiger partial charge in [-0.25, -0.2) is 9.37 Å². The minimum absolute atomic E-state index is 0.0136. The van der Waals surface area contributed by atoms with Gasteiger partial charge < -0.3 is 5.73 Å². The van der Waals surface area contributed by atoms with Crippen LogP contribution in [0.25, 0.3) is 0 Å². The van der Waals surface area contributed by atoms with Gasteiger partial charge in [0.2, 0.25) is 0 Å². The topological polar surface area (TPSA) is 56.0 Å². The van der Waals surface area contributed by atoms with Gasteiger partial charge in [0.05, 0.1) is 27.3 Å². The molecule has 94 valence electrons. The lowest BCUT2D eigenvalue weighted by atomic mass is 10.2. The number of nitrogens with zero attached hydrogens (tertiary/aromatic N) is 1. The van der Waals surface area contributed by atoms with Gasteiger partial charge in [0.15, 0.2) is 0 Å². The van der Waals surface area contributed by atoms with Crippen LogP contribution in [0.1, 0.15) is 5.56 Å². The van der Waals surface area contributed by atoms with Crippen LogP contribution in [0.5, 0.6) is 0 Å². The summed E-state index contributed by atoms with van der Waals surface area (Å²) in [5, 5.41) is 0.276. The zero-order valence-corrected chi connectivity index (χ0v) is 10.8.